The van der Waals surface area contributed by atoms with Crippen LogP contribution in [0.4, 0.5) is 10.1 Å². The molecule has 0 amide bonds. The van der Waals surface area contributed by atoms with Gasteiger partial charge in [-0.05, 0) is 61.8 Å². The Hall–Kier alpha value is -1.36. The molecule has 2 nitrogen and oxygen atoms in total. The van der Waals surface area contributed by atoms with Crippen LogP contribution in [0.15, 0.2) is 36.4 Å². The molecular formula is C18H17Cl2FN2S. The van der Waals surface area contributed by atoms with Crippen LogP contribution in [0.2, 0.25) is 10.0 Å². The van der Waals surface area contributed by atoms with E-state index >= 15 is 0 Å². The first-order valence-electron chi connectivity index (χ1n) is 7.72. The molecule has 0 aromatic heterocycles. The highest BCUT2D eigenvalue weighted by atomic mass is 35.5. The predicted molar refractivity (Wildman–Crippen MR) is 102 cm³/mol. The van der Waals surface area contributed by atoms with Crippen LogP contribution in [-0.4, -0.2) is 16.1 Å². The molecule has 6 heteroatoms. The number of hydrogen-bond donors (Lipinski definition) is 1. The lowest BCUT2D eigenvalue weighted by Crippen LogP contribution is -2.36. The lowest BCUT2D eigenvalue weighted by molar-refractivity contribution is 0.400. The van der Waals surface area contributed by atoms with Crippen LogP contribution in [0.1, 0.15) is 24.0 Å². The number of thiocarbonyl (C=S) groups is 1. The third-order valence-electron chi connectivity index (χ3n) is 4.06. The highest BCUT2D eigenvalue weighted by Gasteiger charge is 2.32. The molecule has 3 rings (SSSR count). The molecule has 2 aromatic carbocycles. The fourth-order valence-corrected chi connectivity index (χ4v) is 3.21. The van der Waals surface area contributed by atoms with E-state index in [9.17, 15) is 4.39 Å². The monoisotopic (exact) mass is 382 g/mol. The summed E-state index contributed by atoms with van der Waals surface area (Å²) in [6, 6.07) is 10.7. The summed E-state index contributed by atoms with van der Waals surface area (Å²) < 4.78 is 14.1. The van der Waals surface area contributed by atoms with E-state index in [4.69, 9.17) is 35.4 Å². The van der Waals surface area contributed by atoms with Crippen molar-refractivity contribution in [2.45, 2.75) is 32.4 Å². The largest absolute Gasteiger partial charge is 0.342 e. The molecule has 0 spiro atoms. The summed E-state index contributed by atoms with van der Waals surface area (Å²) in [6.07, 6.45) is 2.09. The second-order valence-corrected chi connectivity index (χ2v) is 7.15. The summed E-state index contributed by atoms with van der Waals surface area (Å²) in [7, 11) is 0. The average Bonchev–Trinajstić information content (AvgIpc) is 3.35. The molecule has 1 fully saturated rings. The van der Waals surface area contributed by atoms with Gasteiger partial charge in [0.05, 0.1) is 0 Å². The van der Waals surface area contributed by atoms with Gasteiger partial charge in [0.1, 0.15) is 5.82 Å². The van der Waals surface area contributed by atoms with E-state index < -0.39 is 0 Å². The summed E-state index contributed by atoms with van der Waals surface area (Å²) >= 11 is 17.9. The molecule has 2 aromatic rings. The summed E-state index contributed by atoms with van der Waals surface area (Å²) in [4.78, 5) is 1.99. The minimum absolute atomic E-state index is 0.311. The SMILES string of the molecule is Cc1ccc(NC(=S)N(Cc2c(F)cccc2Cl)C2CC2)cc1Cl. The third kappa shape index (κ3) is 4.00. The minimum atomic E-state index is -0.311. The molecule has 1 saturated carbocycles. The number of nitrogens with zero attached hydrogens (tertiary/aromatic N) is 1. The van der Waals surface area contributed by atoms with Crippen LogP contribution in [0, 0.1) is 12.7 Å². The van der Waals surface area contributed by atoms with Crippen molar-refractivity contribution >= 4 is 46.2 Å². The van der Waals surface area contributed by atoms with Gasteiger partial charge in [-0.3, -0.25) is 0 Å². The molecule has 0 unspecified atom stereocenters. The Morgan fingerprint density at radius 3 is 2.62 bits per heavy atom. The van der Waals surface area contributed by atoms with Gasteiger partial charge >= 0.3 is 0 Å². The topological polar surface area (TPSA) is 15.3 Å². The normalized spacial score (nSPS) is 13.7. The lowest BCUT2D eigenvalue weighted by atomic mass is 10.2. The van der Waals surface area contributed by atoms with Gasteiger partial charge in [0.15, 0.2) is 5.11 Å². The third-order valence-corrected chi connectivity index (χ3v) is 5.16. The van der Waals surface area contributed by atoms with Crippen LogP contribution in [0.25, 0.3) is 0 Å². The number of aryl methyl sites for hydroxylation is 1. The zero-order valence-electron chi connectivity index (χ0n) is 13.2. The summed E-state index contributed by atoms with van der Waals surface area (Å²) in [5.74, 6) is -0.311. The number of hydrogen-bond acceptors (Lipinski definition) is 1. The number of halogens is 3. The van der Waals surface area contributed by atoms with Crippen LogP contribution in [0.3, 0.4) is 0 Å². The second-order valence-electron chi connectivity index (χ2n) is 5.95. The molecule has 0 atom stereocenters. The van der Waals surface area contributed by atoms with Crippen molar-refractivity contribution in [3.05, 3.63) is 63.4 Å². The summed E-state index contributed by atoms with van der Waals surface area (Å²) in [5.41, 5.74) is 2.29. The molecule has 0 aliphatic heterocycles. The standard InChI is InChI=1S/C18H17Cl2FN2S/c1-11-5-6-12(9-16(11)20)22-18(24)23(13-7-8-13)10-14-15(19)3-2-4-17(14)21/h2-6,9,13H,7-8,10H2,1H3,(H,22,24). The van der Waals surface area contributed by atoms with Crippen molar-refractivity contribution in [1.29, 1.82) is 0 Å². The molecule has 126 valence electrons. The maximum atomic E-state index is 14.1. The molecule has 1 aliphatic rings. The van der Waals surface area contributed by atoms with E-state index in [1.807, 2.05) is 30.0 Å². The van der Waals surface area contributed by atoms with Gasteiger partial charge in [-0.25, -0.2) is 4.39 Å². The maximum absolute atomic E-state index is 14.1. The van der Waals surface area contributed by atoms with E-state index in [1.165, 1.54) is 6.07 Å². The van der Waals surface area contributed by atoms with Crippen molar-refractivity contribution < 1.29 is 4.39 Å². The van der Waals surface area contributed by atoms with Gasteiger partial charge in [-0.1, -0.05) is 35.3 Å². The second kappa shape index (κ2) is 7.26. The Morgan fingerprint density at radius 1 is 1.25 bits per heavy atom. The van der Waals surface area contributed by atoms with Crippen LogP contribution in [-0.2, 0) is 6.54 Å². The van der Waals surface area contributed by atoms with Crippen molar-refractivity contribution in [3.63, 3.8) is 0 Å². The van der Waals surface area contributed by atoms with Gasteiger partial charge < -0.3 is 10.2 Å². The number of rotatable bonds is 4. The minimum Gasteiger partial charge on any atom is -0.342 e. The predicted octanol–water partition coefficient (Wildman–Crippen LogP) is 5.80. The Labute approximate surface area is 156 Å². The zero-order valence-corrected chi connectivity index (χ0v) is 15.5. The lowest BCUT2D eigenvalue weighted by Gasteiger charge is -2.26. The first kappa shape index (κ1) is 17.5. The van der Waals surface area contributed by atoms with Crippen molar-refractivity contribution in [2.75, 3.05) is 5.32 Å². The number of benzene rings is 2. The Morgan fingerprint density at radius 2 is 2.00 bits per heavy atom. The highest BCUT2D eigenvalue weighted by Crippen LogP contribution is 2.31. The van der Waals surface area contributed by atoms with Crippen LogP contribution in [0.5, 0.6) is 0 Å². The van der Waals surface area contributed by atoms with Gasteiger partial charge in [0.2, 0.25) is 0 Å². The Kier molecular flexibility index (Phi) is 5.28. The molecule has 0 heterocycles. The number of nitrogens with one attached hydrogen (secondary N) is 1. The molecule has 1 aliphatic carbocycles. The summed E-state index contributed by atoms with van der Waals surface area (Å²) in [6.45, 7) is 2.29. The molecule has 1 N–H and O–H groups in total. The van der Waals surface area contributed by atoms with Crippen molar-refractivity contribution in [2.24, 2.45) is 0 Å². The first-order valence-corrected chi connectivity index (χ1v) is 8.89. The van der Waals surface area contributed by atoms with E-state index in [0.717, 1.165) is 24.1 Å². The maximum Gasteiger partial charge on any atom is 0.173 e. The first-order chi connectivity index (χ1) is 11.5. The fourth-order valence-electron chi connectivity index (χ4n) is 2.47. The van der Waals surface area contributed by atoms with E-state index in [1.54, 1.807) is 12.1 Å². The van der Waals surface area contributed by atoms with E-state index in [-0.39, 0.29) is 5.82 Å². The van der Waals surface area contributed by atoms with Crippen LogP contribution >= 0.6 is 35.4 Å². The smallest absolute Gasteiger partial charge is 0.173 e. The van der Waals surface area contributed by atoms with Gasteiger partial charge in [0, 0.05) is 33.9 Å². The average molecular weight is 383 g/mol. The van der Waals surface area contributed by atoms with Gasteiger partial charge in [-0.2, -0.15) is 0 Å². The quantitative estimate of drug-likeness (QED) is 0.672. The highest BCUT2D eigenvalue weighted by molar-refractivity contribution is 7.80. The van der Waals surface area contributed by atoms with Gasteiger partial charge in [-0.15, -0.1) is 0 Å². The van der Waals surface area contributed by atoms with Crippen molar-refractivity contribution in [1.82, 2.24) is 4.90 Å². The Bertz CT molecular complexity index is 757. The molecule has 0 bridgehead atoms. The Balaban J connectivity index is 1.78. The van der Waals surface area contributed by atoms with E-state index in [0.29, 0.717) is 33.3 Å². The molecular weight excluding hydrogens is 366 g/mol. The fraction of sp³-hybridized carbons (Fsp3) is 0.278. The molecule has 0 radical (unpaired) electrons. The van der Waals surface area contributed by atoms with Gasteiger partial charge in [0.25, 0.3) is 0 Å². The molecule has 24 heavy (non-hydrogen) atoms. The zero-order chi connectivity index (χ0) is 17.3. The van der Waals surface area contributed by atoms with E-state index in [2.05, 4.69) is 5.32 Å². The number of anilines is 1. The molecule has 0 saturated heterocycles. The summed E-state index contributed by atoms with van der Waals surface area (Å²) in [5, 5.41) is 4.85. The van der Waals surface area contributed by atoms with Crippen LogP contribution < -0.4 is 5.32 Å². The van der Waals surface area contributed by atoms with Crippen molar-refractivity contribution in [3.8, 4) is 0 Å².